The van der Waals surface area contributed by atoms with Gasteiger partial charge in [-0.15, -0.1) is 0 Å². The van der Waals surface area contributed by atoms with Gasteiger partial charge in [0.15, 0.2) is 5.82 Å². The molecule has 0 bridgehead atoms. The molecule has 10 heteroatoms. The summed E-state index contributed by atoms with van der Waals surface area (Å²) >= 11 is 0. The number of rotatable bonds is 3. The van der Waals surface area contributed by atoms with E-state index in [1.807, 2.05) is 0 Å². The molecule has 2 aliphatic rings. The molecule has 4 atom stereocenters. The lowest BCUT2D eigenvalue weighted by Gasteiger charge is -2.24. The van der Waals surface area contributed by atoms with Gasteiger partial charge in [0.1, 0.15) is 47.7 Å². The number of anilines is 1. The van der Waals surface area contributed by atoms with Gasteiger partial charge in [0.05, 0.1) is 11.4 Å². The van der Waals surface area contributed by atoms with Gasteiger partial charge in [0.25, 0.3) is 0 Å². The Balaban J connectivity index is 1.47. The van der Waals surface area contributed by atoms with E-state index in [9.17, 15) is 19.0 Å². The maximum Gasteiger partial charge on any atom is 0.154 e. The fourth-order valence-electron chi connectivity index (χ4n) is 4.47. The third kappa shape index (κ3) is 2.99. The quantitative estimate of drug-likeness (QED) is 0.503. The summed E-state index contributed by atoms with van der Waals surface area (Å²) in [6, 6.07) is 2.08. The summed E-state index contributed by atoms with van der Waals surface area (Å²) in [5, 5.41) is 24.6. The van der Waals surface area contributed by atoms with Crippen LogP contribution in [0.2, 0.25) is 0 Å². The molecular weight excluding hydrogens is 396 g/mol. The molecule has 1 aromatic carbocycles. The Labute approximate surface area is 170 Å². The molecule has 3 heterocycles. The maximum atomic E-state index is 14.4. The Hall–Kier alpha value is -2.82. The van der Waals surface area contributed by atoms with E-state index in [4.69, 9.17) is 10.5 Å². The number of aliphatic hydroxyl groups excluding tert-OH is 2. The molecule has 8 nitrogen and oxygen atoms in total. The first-order valence-corrected chi connectivity index (χ1v) is 9.75. The molecule has 1 saturated carbocycles. The average Bonchev–Trinajstić information content (AvgIpc) is 3.20. The summed E-state index contributed by atoms with van der Waals surface area (Å²) in [4.78, 5) is 7.88. The van der Waals surface area contributed by atoms with Crippen LogP contribution in [0.25, 0.3) is 11.0 Å². The summed E-state index contributed by atoms with van der Waals surface area (Å²) in [6.07, 6.45) is -0.0319. The fraction of sp³-hybridized carbons (Fsp3) is 0.400. The first-order valence-electron chi connectivity index (χ1n) is 9.75. The van der Waals surface area contributed by atoms with Gasteiger partial charge in [-0.2, -0.15) is 0 Å². The van der Waals surface area contributed by atoms with Crippen molar-refractivity contribution in [1.82, 2.24) is 19.9 Å². The number of aliphatic hydroxyl groups is 2. The van der Waals surface area contributed by atoms with Crippen LogP contribution in [0.15, 0.2) is 24.7 Å². The van der Waals surface area contributed by atoms with Crippen molar-refractivity contribution >= 4 is 16.9 Å². The number of aromatic nitrogens is 3. The molecule has 2 aromatic heterocycles. The Morgan fingerprint density at radius 3 is 2.87 bits per heavy atom. The van der Waals surface area contributed by atoms with Gasteiger partial charge in [0, 0.05) is 30.8 Å². The monoisotopic (exact) mass is 417 g/mol. The van der Waals surface area contributed by atoms with Crippen molar-refractivity contribution in [2.75, 3.05) is 12.3 Å². The van der Waals surface area contributed by atoms with Crippen LogP contribution < -0.4 is 15.8 Å². The molecule has 0 amide bonds. The zero-order chi connectivity index (χ0) is 21.0. The minimum Gasteiger partial charge on any atom is -0.487 e. The van der Waals surface area contributed by atoms with Crippen LogP contribution in [0.5, 0.6) is 5.75 Å². The summed E-state index contributed by atoms with van der Waals surface area (Å²) in [6.45, 7) is 1.28. The van der Waals surface area contributed by atoms with Gasteiger partial charge < -0.3 is 30.6 Å². The number of hydrogen-bond acceptors (Lipinski definition) is 7. The zero-order valence-electron chi connectivity index (χ0n) is 15.9. The molecule has 158 valence electrons. The van der Waals surface area contributed by atoms with Gasteiger partial charge in [0.2, 0.25) is 0 Å². The number of halogens is 2. The average molecular weight is 417 g/mol. The Kier molecular flexibility index (Phi) is 4.57. The molecule has 0 saturated heterocycles. The van der Waals surface area contributed by atoms with Crippen LogP contribution in [0.1, 0.15) is 23.6 Å². The fourth-order valence-corrected chi connectivity index (χ4v) is 4.47. The van der Waals surface area contributed by atoms with Crippen LogP contribution in [-0.4, -0.2) is 49.6 Å². The van der Waals surface area contributed by atoms with E-state index < -0.39 is 36.0 Å². The second-order valence-corrected chi connectivity index (χ2v) is 7.75. The van der Waals surface area contributed by atoms with E-state index in [1.54, 1.807) is 0 Å². The first kappa shape index (κ1) is 19.2. The van der Waals surface area contributed by atoms with E-state index in [2.05, 4.69) is 15.3 Å². The zero-order valence-corrected chi connectivity index (χ0v) is 15.9. The van der Waals surface area contributed by atoms with E-state index >= 15 is 0 Å². The number of hydrogen-bond donors (Lipinski definition) is 4. The van der Waals surface area contributed by atoms with Crippen LogP contribution >= 0.6 is 0 Å². The first-order chi connectivity index (χ1) is 14.4. The van der Waals surface area contributed by atoms with Crippen molar-refractivity contribution in [1.29, 1.82) is 0 Å². The van der Waals surface area contributed by atoms with Crippen LogP contribution in [0.4, 0.5) is 14.6 Å². The second-order valence-electron chi connectivity index (χ2n) is 7.75. The Bertz CT molecular complexity index is 1120. The third-order valence-electron chi connectivity index (χ3n) is 5.97. The van der Waals surface area contributed by atoms with Crippen molar-refractivity contribution in [3.63, 3.8) is 0 Å². The largest absolute Gasteiger partial charge is 0.487 e. The van der Waals surface area contributed by atoms with Crippen LogP contribution in [-0.2, 0) is 13.0 Å². The lowest BCUT2D eigenvalue weighted by atomic mass is 10.00. The minimum atomic E-state index is -1.25. The van der Waals surface area contributed by atoms with Crippen LogP contribution in [0, 0.1) is 11.6 Å². The molecule has 5 rings (SSSR count). The molecule has 1 fully saturated rings. The van der Waals surface area contributed by atoms with Crippen molar-refractivity contribution in [3.05, 3.63) is 47.4 Å². The van der Waals surface area contributed by atoms with Crippen molar-refractivity contribution < 1.29 is 23.7 Å². The molecule has 5 N–H and O–H groups in total. The molecule has 30 heavy (non-hydrogen) atoms. The summed E-state index contributed by atoms with van der Waals surface area (Å²) < 4.78 is 35.9. The molecular formula is C20H21F2N5O3. The molecule has 3 aromatic rings. The number of nitrogens with two attached hydrogens (primary N) is 1. The van der Waals surface area contributed by atoms with Crippen LogP contribution in [0.3, 0.4) is 0 Å². The summed E-state index contributed by atoms with van der Waals surface area (Å²) in [7, 11) is 0. The second kappa shape index (κ2) is 7.15. The van der Waals surface area contributed by atoms with Gasteiger partial charge in [-0.1, -0.05) is 0 Å². The van der Waals surface area contributed by atoms with Crippen molar-refractivity contribution in [3.8, 4) is 5.75 Å². The van der Waals surface area contributed by atoms with Gasteiger partial charge >= 0.3 is 0 Å². The summed E-state index contributed by atoms with van der Waals surface area (Å²) in [5.74, 6) is -0.694. The number of nitrogen functional groups attached to an aromatic ring is 1. The predicted molar refractivity (Wildman–Crippen MR) is 104 cm³/mol. The number of nitrogens with one attached hydrogen (secondary N) is 1. The molecule has 0 unspecified atom stereocenters. The highest BCUT2D eigenvalue weighted by molar-refractivity contribution is 5.86. The van der Waals surface area contributed by atoms with Gasteiger partial charge in [-0.3, -0.25) is 0 Å². The van der Waals surface area contributed by atoms with Gasteiger partial charge in [-0.25, -0.2) is 18.7 Å². The lowest BCUT2D eigenvalue weighted by Crippen LogP contribution is -2.35. The van der Waals surface area contributed by atoms with E-state index in [0.29, 0.717) is 18.7 Å². The highest BCUT2D eigenvalue weighted by Gasteiger charge is 2.45. The van der Waals surface area contributed by atoms with E-state index in [0.717, 1.165) is 17.7 Å². The maximum absolute atomic E-state index is 14.4. The molecule has 1 aliphatic heterocycles. The third-order valence-corrected chi connectivity index (χ3v) is 5.97. The van der Waals surface area contributed by atoms with Crippen molar-refractivity contribution in [2.24, 2.45) is 0 Å². The summed E-state index contributed by atoms with van der Waals surface area (Å²) in [5.41, 5.74) is 7.68. The molecule has 1 aliphatic carbocycles. The van der Waals surface area contributed by atoms with E-state index in [-0.39, 0.29) is 23.3 Å². The highest BCUT2D eigenvalue weighted by Crippen LogP contribution is 2.38. The number of ether oxygens (including phenoxy) is 1. The van der Waals surface area contributed by atoms with Crippen molar-refractivity contribution in [2.45, 2.75) is 43.7 Å². The SMILES string of the molecule is Nc1ncnc2c1c(F)cn2[C@@H]1C[C@H](Oc2cc(F)cc3c2CNCC3)[C@@H](O)[C@H]1O. The number of benzene rings is 1. The predicted octanol–water partition coefficient (Wildman–Crippen LogP) is 1.05. The number of nitrogens with zero attached hydrogens (tertiary/aromatic N) is 3. The topological polar surface area (TPSA) is 118 Å². The minimum absolute atomic E-state index is 0.00373. The molecule has 0 radical (unpaired) electrons. The molecule has 0 spiro atoms. The van der Waals surface area contributed by atoms with Gasteiger partial charge in [-0.05, 0) is 24.6 Å². The number of fused-ring (bicyclic) bond motifs is 2. The highest BCUT2D eigenvalue weighted by atomic mass is 19.1. The normalized spacial score (nSPS) is 26.1. The smallest absolute Gasteiger partial charge is 0.154 e. The standard InChI is InChI=1S/C20H21F2N5O3/c21-10-3-9-1-2-24-6-11(9)14(4-10)30-15-5-13(17(28)18(15)29)27-7-12(22)16-19(23)25-8-26-20(16)27/h3-4,7-8,13,15,17-18,24,28-29H,1-2,5-6H2,(H2,23,25,26)/t13-,15+,17+,18-/m1/s1. The Morgan fingerprint density at radius 1 is 1.20 bits per heavy atom. The Morgan fingerprint density at radius 2 is 2.03 bits per heavy atom. The lowest BCUT2D eigenvalue weighted by molar-refractivity contribution is -0.0167. The van der Waals surface area contributed by atoms with E-state index in [1.165, 1.54) is 29.2 Å².